The van der Waals surface area contributed by atoms with Crippen LogP contribution in [0.2, 0.25) is 0 Å². The monoisotopic (exact) mass is 505 g/mol. The molecule has 0 aliphatic carbocycles. The van der Waals surface area contributed by atoms with Crippen molar-refractivity contribution < 1.29 is 27.7 Å². The second-order valence-electron chi connectivity index (χ2n) is 11.8. The van der Waals surface area contributed by atoms with Gasteiger partial charge >= 0.3 is 0 Å². The number of hydrogen-bond acceptors (Lipinski definition) is 5. The van der Waals surface area contributed by atoms with Crippen LogP contribution in [0.5, 0.6) is 5.75 Å². The fourth-order valence-corrected chi connectivity index (χ4v) is 5.33. The summed E-state index contributed by atoms with van der Waals surface area (Å²) >= 11 is 0. The van der Waals surface area contributed by atoms with Gasteiger partial charge < -0.3 is 23.2 Å². The molecule has 0 aliphatic rings. The number of rotatable bonds is 14. The van der Waals surface area contributed by atoms with Crippen LogP contribution in [0.1, 0.15) is 58.6 Å². The van der Waals surface area contributed by atoms with E-state index in [-0.39, 0.29) is 30.7 Å². The number of ether oxygens (including phenoxy) is 1. The van der Waals surface area contributed by atoms with Crippen molar-refractivity contribution >= 4 is 7.82 Å². The first-order chi connectivity index (χ1) is 16.2. The minimum Gasteiger partial charge on any atom is -0.756 e. The van der Waals surface area contributed by atoms with Crippen LogP contribution in [-0.2, 0) is 25.6 Å². The Hall–Kier alpha value is -1.69. The molecule has 196 valence electrons. The molecule has 0 amide bonds. The molecule has 35 heavy (non-hydrogen) atoms. The molecule has 0 radical (unpaired) electrons. The summed E-state index contributed by atoms with van der Waals surface area (Å²) in [5, 5.41) is 0. The van der Waals surface area contributed by atoms with E-state index < -0.39 is 7.82 Å². The Bertz CT molecular complexity index is 936. The zero-order valence-corrected chi connectivity index (χ0v) is 23.5. The quantitative estimate of drug-likeness (QED) is 0.180. The first-order valence-corrected chi connectivity index (χ1v) is 13.8. The number of quaternary nitrogens is 1. The summed E-state index contributed by atoms with van der Waals surface area (Å²) in [4.78, 5) is 12.0. The van der Waals surface area contributed by atoms with Crippen molar-refractivity contribution in [1.29, 1.82) is 0 Å². The Morgan fingerprint density at radius 1 is 0.857 bits per heavy atom. The number of benzene rings is 2. The van der Waals surface area contributed by atoms with Gasteiger partial charge in [0.1, 0.15) is 18.9 Å². The van der Waals surface area contributed by atoms with Crippen LogP contribution in [0.4, 0.5) is 0 Å². The SMILES string of the molecule is CC(C)(C)CC(C)(C)c1ccc(OCCOP(=O)([O-])OCCC[N+](C)(C)Cc2ccccc2)cc1. The van der Waals surface area contributed by atoms with E-state index in [1.807, 2.05) is 30.3 Å². The fraction of sp³-hybridized carbons (Fsp3) is 0.571. The Labute approximate surface area is 212 Å². The molecule has 0 aliphatic heterocycles. The van der Waals surface area contributed by atoms with E-state index in [0.717, 1.165) is 24.0 Å². The van der Waals surface area contributed by atoms with Gasteiger partial charge in [-0.15, -0.1) is 0 Å². The zero-order valence-electron chi connectivity index (χ0n) is 22.6. The molecule has 7 heteroatoms. The lowest BCUT2D eigenvalue weighted by Gasteiger charge is -2.33. The van der Waals surface area contributed by atoms with Gasteiger partial charge in [0.15, 0.2) is 0 Å². The molecule has 0 heterocycles. The maximum absolute atomic E-state index is 12.0. The predicted octanol–water partition coefficient (Wildman–Crippen LogP) is 5.95. The van der Waals surface area contributed by atoms with Crippen LogP contribution in [0.3, 0.4) is 0 Å². The molecule has 0 fully saturated rings. The van der Waals surface area contributed by atoms with Gasteiger partial charge in [-0.25, -0.2) is 0 Å². The summed E-state index contributed by atoms with van der Waals surface area (Å²) in [5.74, 6) is 0.684. The van der Waals surface area contributed by atoms with Crippen molar-refractivity contribution in [2.45, 2.75) is 59.4 Å². The van der Waals surface area contributed by atoms with E-state index in [9.17, 15) is 9.46 Å². The highest BCUT2D eigenvalue weighted by atomic mass is 31.2. The fourth-order valence-electron chi connectivity index (χ4n) is 4.60. The van der Waals surface area contributed by atoms with Gasteiger partial charge in [0.2, 0.25) is 0 Å². The first-order valence-electron chi connectivity index (χ1n) is 12.4. The van der Waals surface area contributed by atoms with E-state index in [1.165, 1.54) is 11.1 Å². The third kappa shape index (κ3) is 11.7. The summed E-state index contributed by atoms with van der Waals surface area (Å²) < 4.78 is 28.4. The predicted molar refractivity (Wildman–Crippen MR) is 140 cm³/mol. The van der Waals surface area contributed by atoms with Gasteiger partial charge in [0.25, 0.3) is 7.82 Å². The van der Waals surface area contributed by atoms with E-state index in [0.29, 0.717) is 12.2 Å². The molecular formula is C28H44NO5P. The van der Waals surface area contributed by atoms with Crippen LogP contribution < -0.4 is 9.63 Å². The van der Waals surface area contributed by atoms with E-state index >= 15 is 0 Å². The normalized spacial score (nSPS) is 14.5. The summed E-state index contributed by atoms with van der Waals surface area (Å²) in [7, 11) is -0.108. The Morgan fingerprint density at radius 2 is 1.46 bits per heavy atom. The lowest BCUT2D eigenvalue weighted by Crippen LogP contribution is -2.40. The van der Waals surface area contributed by atoms with E-state index in [1.54, 1.807) is 0 Å². The van der Waals surface area contributed by atoms with E-state index in [4.69, 9.17) is 13.8 Å². The number of phosphoric ester groups is 1. The van der Waals surface area contributed by atoms with Crippen molar-refractivity contribution in [3.63, 3.8) is 0 Å². The summed E-state index contributed by atoms with van der Waals surface area (Å²) in [5.41, 5.74) is 2.79. The highest BCUT2D eigenvalue weighted by molar-refractivity contribution is 7.45. The van der Waals surface area contributed by atoms with Gasteiger partial charge in [-0.1, -0.05) is 77.1 Å². The largest absolute Gasteiger partial charge is 0.756 e. The second-order valence-corrected chi connectivity index (χ2v) is 13.2. The molecule has 0 N–H and O–H groups in total. The van der Waals surface area contributed by atoms with Crippen molar-refractivity contribution in [2.24, 2.45) is 5.41 Å². The molecule has 0 saturated heterocycles. The lowest BCUT2D eigenvalue weighted by atomic mass is 9.72. The van der Waals surface area contributed by atoms with Crippen molar-refractivity contribution in [3.05, 3.63) is 65.7 Å². The Kier molecular flexibility index (Phi) is 10.6. The number of hydrogen-bond donors (Lipinski definition) is 0. The third-order valence-corrected chi connectivity index (χ3v) is 6.82. The van der Waals surface area contributed by atoms with Crippen LogP contribution >= 0.6 is 7.82 Å². The first kappa shape index (κ1) is 29.5. The highest BCUT2D eigenvalue weighted by Gasteiger charge is 2.27. The molecule has 0 spiro atoms. The van der Waals surface area contributed by atoms with Gasteiger partial charge in [-0.2, -0.15) is 0 Å². The molecular weight excluding hydrogens is 461 g/mol. The lowest BCUT2D eigenvalue weighted by molar-refractivity contribution is -0.903. The van der Waals surface area contributed by atoms with Crippen LogP contribution in [0.25, 0.3) is 0 Å². The average Bonchev–Trinajstić information content (AvgIpc) is 2.73. The smallest absolute Gasteiger partial charge is 0.267 e. The summed E-state index contributed by atoms with van der Waals surface area (Å²) in [6, 6.07) is 18.2. The minimum atomic E-state index is -4.35. The minimum absolute atomic E-state index is 0.0576. The molecule has 0 bridgehead atoms. The van der Waals surface area contributed by atoms with Crippen LogP contribution in [-0.4, -0.2) is 44.9 Å². The maximum atomic E-state index is 12.0. The topological polar surface area (TPSA) is 67.8 Å². The van der Waals surface area contributed by atoms with Gasteiger partial charge in [0, 0.05) is 12.0 Å². The Balaban J connectivity index is 1.67. The van der Waals surface area contributed by atoms with Crippen molar-refractivity contribution in [1.82, 2.24) is 0 Å². The van der Waals surface area contributed by atoms with E-state index in [2.05, 4.69) is 73.0 Å². The summed E-state index contributed by atoms with van der Waals surface area (Å²) in [6.07, 6.45) is 1.68. The molecule has 0 saturated carbocycles. The van der Waals surface area contributed by atoms with Gasteiger partial charge in [0.05, 0.1) is 33.9 Å². The molecule has 6 nitrogen and oxygen atoms in total. The van der Waals surface area contributed by atoms with Gasteiger partial charge in [-0.3, -0.25) is 4.57 Å². The standard InChI is InChI=1S/C28H44NO5P/c1-27(2,3)23-28(4,5)25-14-16-26(17-15-25)32-20-21-34-35(30,31)33-19-11-18-29(6,7)22-24-12-9-8-10-13-24/h8-10,12-17H,11,18-23H2,1-7H3. The molecule has 2 aromatic rings. The summed E-state index contributed by atoms with van der Waals surface area (Å²) in [6.45, 7) is 13.0. The van der Waals surface area contributed by atoms with Crippen LogP contribution in [0, 0.1) is 5.41 Å². The molecule has 0 aromatic heterocycles. The van der Waals surface area contributed by atoms with Crippen molar-refractivity contribution in [3.8, 4) is 5.75 Å². The molecule has 2 aromatic carbocycles. The molecule has 1 atom stereocenters. The second kappa shape index (κ2) is 12.5. The van der Waals surface area contributed by atoms with Crippen molar-refractivity contribution in [2.75, 3.05) is 40.5 Å². The third-order valence-electron chi connectivity index (χ3n) is 5.82. The van der Waals surface area contributed by atoms with Gasteiger partial charge in [-0.05, 0) is 34.9 Å². The zero-order chi connectivity index (χ0) is 26.2. The Morgan fingerprint density at radius 3 is 2.06 bits per heavy atom. The number of phosphoric acid groups is 1. The molecule has 2 rings (SSSR count). The van der Waals surface area contributed by atoms with Crippen LogP contribution in [0.15, 0.2) is 54.6 Å². The molecule has 1 unspecified atom stereocenters. The number of nitrogens with zero attached hydrogens (tertiary/aromatic N) is 1. The maximum Gasteiger partial charge on any atom is 0.267 e. The highest BCUT2D eigenvalue weighted by Crippen LogP contribution is 2.38. The average molecular weight is 506 g/mol.